The van der Waals surface area contributed by atoms with Gasteiger partial charge in [0.2, 0.25) is 0 Å². The Balaban J connectivity index is 1.80. The Labute approximate surface area is 153 Å². The summed E-state index contributed by atoms with van der Waals surface area (Å²) in [6.07, 6.45) is 1.76. The van der Waals surface area contributed by atoms with Gasteiger partial charge in [-0.3, -0.25) is 9.59 Å². The first-order valence-electron chi connectivity index (χ1n) is 7.98. The highest BCUT2D eigenvalue weighted by atomic mass is 79.9. The number of nitrogens with zero attached hydrogens (tertiary/aromatic N) is 1. The predicted molar refractivity (Wildman–Crippen MR) is 96.9 cm³/mol. The van der Waals surface area contributed by atoms with E-state index < -0.39 is 5.97 Å². The zero-order valence-electron chi connectivity index (χ0n) is 13.6. The van der Waals surface area contributed by atoms with Crippen LogP contribution in [0.15, 0.2) is 46.9 Å². The summed E-state index contributed by atoms with van der Waals surface area (Å²) in [4.78, 5) is 38.1. The summed E-state index contributed by atoms with van der Waals surface area (Å²) in [7, 11) is 0. The molecule has 128 valence electrons. The maximum Gasteiger partial charge on any atom is 0.338 e. The van der Waals surface area contributed by atoms with Gasteiger partial charge >= 0.3 is 5.97 Å². The van der Waals surface area contributed by atoms with Crippen molar-refractivity contribution in [2.75, 3.05) is 11.5 Å². The van der Waals surface area contributed by atoms with Gasteiger partial charge in [-0.05, 0) is 48.9 Å². The van der Waals surface area contributed by atoms with E-state index in [1.807, 2.05) is 6.92 Å². The number of hydrogen-bond donors (Lipinski definition) is 0. The molecule has 0 unspecified atom stereocenters. The number of benzene rings is 2. The number of anilines is 1. The maximum atomic E-state index is 12.5. The van der Waals surface area contributed by atoms with Crippen molar-refractivity contribution in [3.63, 3.8) is 0 Å². The lowest BCUT2D eigenvalue weighted by Gasteiger charge is -2.14. The number of amides is 2. The molecule has 25 heavy (non-hydrogen) atoms. The number of esters is 1. The second-order valence-corrected chi connectivity index (χ2v) is 6.59. The summed E-state index contributed by atoms with van der Waals surface area (Å²) in [6.45, 7) is 2.40. The Morgan fingerprint density at radius 2 is 1.72 bits per heavy atom. The largest absolute Gasteiger partial charge is 0.462 e. The number of carbonyl (C=O) groups excluding carboxylic acids is 3. The number of hydrogen-bond acceptors (Lipinski definition) is 4. The smallest absolute Gasteiger partial charge is 0.338 e. The van der Waals surface area contributed by atoms with E-state index in [0.29, 0.717) is 29.0 Å². The summed E-state index contributed by atoms with van der Waals surface area (Å²) >= 11 is 3.31. The number of fused-ring (bicyclic) bond motifs is 1. The molecule has 3 rings (SSSR count). The molecule has 0 spiro atoms. The van der Waals surface area contributed by atoms with Crippen LogP contribution in [0.4, 0.5) is 5.69 Å². The van der Waals surface area contributed by atoms with Crippen LogP contribution in [-0.2, 0) is 4.74 Å². The molecule has 0 atom stereocenters. The molecule has 2 amide bonds. The summed E-state index contributed by atoms with van der Waals surface area (Å²) in [5.41, 5.74) is 1.55. The quantitative estimate of drug-likeness (QED) is 0.427. The molecule has 0 saturated carbocycles. The van der Waals surface area contributed by atoms with Crippen molar-refractivity contribution in [2.45, 2.75) is 19.8 Å². The number of halogens is 1. The van der Waals surface area contributed by atoms with Gasteiger partial charge in [0, 0.05) is 4.47 Å². The monoisotopic (exact) mass is 401 g/mol. The second-order valence-electron chi connectivity index (χ2n) is 5.67. The van der Waals surface area contributed by atoms with Crippen molar-refractivity contribution in [1.29, 1.82) is 0 Å². The van der Waals surface area contributed by atoms with Crippen LogP contribution in [0.2, 0.25) is 0 Å². The Morgan fingerprint density at radius 3 is 2.40 bits per heavy atom. The highest BCUT2D eigenvalue weighted by Gasteiger charge is 2.36. The lowest BCUT2D eigenvalue weighted by Crippen LogP contribution is -2.29. The molecule has 6 heteroatoms. The van der Waals surface area contributed by atoms with Crippen molar-refractivity contribution < 1.29 is 19.1 Å². The Kier molecular flexibility index (Phi) is 4.99. The SMILES string of the molecule is CCCCOC(=O)c1ccc(N2C(=O)c3ccc(Br)cc3C2=O)cc1. The van der Waals surface area contributed by atoms with E-state index in [2.05, 4.69) is 15.9 Å². The van der Waals surface area contributed by atoms with E-state index in [0.717, 1.165) is 22.2 Å². The maximum absolute atomic E-state index is 12.5. The van der Waals surface area contributed by atoms with Gasteiger partial charge in [0.1, 0.15) is 0 Å². The molecule has 5 nitrogen and oxygen atoms in total. The molecule has 0 aromatic heterocycles. The van der Waals surface area contributed by atoms with Gasteiger partial charge in [0.15, 0.2) is 0 Å². The van der Waals surface area contributed by atoms with Gasteiger partial charge in [-0.1, -0.05) is 29.3 Å². The summed E-state index contributed by atoms with van der Waals surface area (Å²) < 4.78 is 5.88. The van der Waals surface area contributed by atoms with Crippen LogP contribution in [0.1, 0.15) is 50.8 Å². The molecule has 0 N–H and O–H groups in total. The molecular formula is C19H16BrNO4. The molecule has 0 aliphatic carbocycles. The van der Waals surface area contributed by atoms with Gasteiger partial charge in [-0.15, -0.1) is 0 Å². The fourth-order valence-corrected chi connectivity index (χ4v) is 2.95. The third kappa shape index (κ3) is 3.35. The Morgan fingerprint density at radius 1 is 1.04 bits per heavy atom. The predicted octanol–water partition coefficient (Wildman–Crippen LogP) is 4.21. The zero-order chi connectivity index (χ0) is 18.0. The van der Waals surface area contributed by atoms with Gasteiger partial charge in [0.25, 0.3) is 11.8 Å². The van der Waals surface area contributed by atoms with Gasteiger partial charge in [-0.25, -0.2) is 9.69 Å². The number of carbonyl (C=O) groups is 3. The van der Waals surface area contributed by atoms with Crippen molar-refractivity contribution in [3.05, 3.63) is 63.6 Å². The third-order valence-electron chi connectivity index (χ3n) is 3.94. The fourth-order valence-electron chi connectivity index (χ4n) is 2.59. The summed E-state index contributed by atoms with van der Waals surface area (Å²) in [6, 6.07) is 11.3. The topological polar surface area (TPSA) is 63.7 Å². The number of imide groups is 1. The van der Waals surface area contributed by atoms with E-state index in [1.165, 1.54) is 0 Å². The lowest BCUT2D eigenvalue weighted by atomic mass is 10.1. The van der Waals surface area contributed by atoms with Crippen molar-refractivity contribution in [3.8, 4) is 0 Å². The number of rotatable bonds is 5. The molecule has 1 heterocycles. The molecule has 0 fully saturated rings. The van der Waals surface area contributed by atoms with Crippen LogP contribution < -0.4 is 4.90 Å². The molecule has 1 aliphatic heterocycles. The van der Waals surface area contributed by atoms with Crippen LogP contribution in [0.3, 0.4) is 0 Å². The first-order chi connectivity index (χ1) is 12.0. The molecule has 0 radical (unpaired) electrons. The van der Waals surface area contributed by atoms with Crippen molar-refractivity contribution >= 4 is 39.4 Å². The first-order valence-corrected chi connectivity index (χ1v) is 8.77. The second kappa shape index (κ2) is 7.19. The third-order valence-corrected chi connectivity index (χ3v) is 4.43. The molecule has 1 aliphatic rings. The highest BCUT2D eigenvalue weighted by molar-refractivity contribution is 9.10. The van der Waals surface area contributed by atoms with E-state index in [4.69, 9.17) is 4.74 Å². The van der Waals surface area contributed by atoms with E-state index in [1.54, 1.807) is 42.5 Å². The average Bonchev–Trinajstić information content (AvgIpc) is 2.85. The Bertz CT molecular complexity index is 845. The molecule has 2 aromatic rings. The standard InChI is InChI=1S/C19H16BrNO4/c1-2-3-10-25-19(24)12-4-7-14(8-5-12)21-17(22)15-9-6-13(20)11-16(15)18(21)23/h4-9,11H,2-3,10H2,1H3. The summed E-state index contributed by atoms with van der Waals surface area (Å²) in [5, 5.41) is 0. The summed E-state index contributed by atoms with van der Waals surface area (Å²) in [5.74, 6) is -1.16. The number of unbranched alkanes of at least 4 members (excludes halogenated alkanes) is 1. The van der Waals surface area contributed by atoms with E-state index in [9.17, 15) is 14.4 Å². The van der Waals surface area contributed by atoms with Crippen molar-refractivity contribution in [1.82, 2.24) is 0 Å². The van der Waals surface area contributed by atoms with E-state index >= 15 is 0 Å². The minimum Gasteiger partial charge on any atom is -0.462 e. The molecule has 0 bridgehead atoms. The van der Waals surface area contributed by atoms with Crippen LogP contribution in [0.25, 0.3) is 0 Å². The van der Waals surface area contributed by atoms with Crippen LogP contribution in [0.5, 0.6) is 0 Å². The minimum atomic E-state index is -0.411. The van der Waals surface area contributed by atoms with Gasteiger partial charge in [-0.2, -0.15) is 0 Å². The van der Waals surface area contributed by atoms with Crippen LogP contribution in [0, 0.1) is 0 Å². The van der Waals surface area contributed by atoms with Gasteiger partial charge < -0.3 is 4.74 Å². The van der Waals surface area contributed by atoms with Crippen molar-refractivity contribution in [2.24, 2.45) is 0 Å². The van der Waals surface area contributed by atoms with Gasteiger partial charge in [0.05, 0.1) is 29.0 Å². The molecular weight excluding hydrogens is 386 g/mol. The molecule has 2 aromatic carbocycles. The van der Waals surface area contributed by atoms with Crippen LogP contribution in [-0.4, -0.2) is 24.4 Å². The normalized spacial score (nSPS) is 13.1. The molecule has 0 saturated heterocycles. The average molecular weight is 402 g/mol. The first kappa shape index (κ1) is 17.4. The minimum absolute atomic E-state index is 0.363. The fraction of sp³-hybridized carbons (Fsp3) is 0.211. The Hall–Kier alpha value is -2.47. The van der Waals surface area contributed by atoms with Crippen LogP contribution >= 0.6 is 15.9 Å². The zero-order valence-corrected chi connectivity index (χ0v) is 15.2. The van der Waals surface area contributed by atoms with E-state index in [-0.39, 0.29) is 11.8 Å². The lowest BCUT2D eigenvalue weighted by molar-refractivity contribution is 0.0499. The number of ether oxygens (including phenoxy) is 1. The highest BCUT2D eigenvalue weighted by Crippen LogP contribution is 2.30.